The van der Waals surface area contributed by atoms with Crippen molar-refractivity contribution in [2.45, 2.75) is 18.7 Å². The third-order valence-corrected chi connectivity index (χ3v) is 3.87. The minimum atomic E-state index is -3.52. The first kappa shape index (κ1) is 14.4. The Bertz CT molecular complexity index is 542. The second kappa shape index (κ2) is 5.35. The molecule has 1 aromatic rings. The zero-order valence-electron chi connectivity index (χ0n) is 10.6. The number of sulfone groups is 1. The van der Waals surface area contributed by atoms with Crippen LogP contribution >= 0.6 is 0 Å². The van der Waals surface area contributed by atoms with Crippen molar-refractivity contribution in [1.82, 2.24) is 0 Å². The first-order valence-corrected chi connectivity index (χ1v) is 6.92. The molecule has 0 unspecified atom stereocenters. The molecule has 0 aliphatic carbocycles. The summed E-state index contributed by atoms with van der Waals surface area (Å²) >= 11 is 0. The van der Waals surface area contributed by atoms with Crippen LogP contribution in [0.3, 0.4) is 0 Å². The molecular weight excluding hydrogens is 252 g/mol. The summed E-state index contributed by atoms with van der Waals surface area (Å²) in [6.45, 7) is 3.19. The Morgan fingerprint density at radius 2 is 1.78 bits per heavy atom. The Labute approximate surface area is 107 Å². The highest BCUT2D eigenvalue weighted by Crippen LogP contribution is 2.21. The zero-order valence-corrected chi connectivity index (χ0v) is 11.4. The fourth-order valence-corrected chi connectivity index (χ4v) is 2.49. The molecule has 98 valence electrons. The molecule has 4 nitrogen and oxygen atoms in total. The van der Waals surface area contributed by atoms with E-state index >= 15 is 0 Å². The summed E-state index contributed by atoms with van der Waals surface area (Å²) in [5.41, 5.74) is -0.976. The van der Waals surface area contributed by atoms with Gasteiger partial charge in [0.1, 0.15) is 0 Å². The summed E-state index contributed by atoms with van der Waals surface area (Å²) < 4.78 is 28.5. The molecule has 0 bridgehead atoms. The average Bonchev–Trinajstić information content (AvgIpc) is 2.36. The van der Waals surface area contributed by atoms with E-state index < -0.39 is 21.2 Å². The molecule has 0 aliphatic heterocycles. The van der Waals surface area contributed by atoms with E-state index in [4.69, 9.17) is 0 Å². The van der Waals surface area contributed by atoms with Crippen molar-refractivity contribution in [3.63, 3.8) is 0 Å². The van der Waals surface area contributed by atoms with Gasteiger partial charge in [-0.1, -0.05) is 24.3 Å². The number of carbonyl (C=O) groups is 1. The van der Waals surface area contributed by atoms with E-state index in [-0.39, 0.29) is 4.90 Å². The van der Waals surface area contributed by atoms with Crippen LogP contribution in [0.2, 0.25) is 0 Å². The quantitative estimate of drug-likeness (QED) is 0.785. The summed E-state index contributed by atoms with van der Waals surface area (Å²) in [7, 11) is -2.26. The minimum Gasteiger partial charge on any atom is -0.468 e. The molecule has 0 saturated carbocycles. The highest BCUT2D eigenvalue weighted by Gasteiger charge is 2.26. The van der Waals surface area contributed by atoms with Gasteiger partial charge in [0.05, 0.1) is 17.4 Å². The third kappa shape index (κ3) is 3.43. The highest BCUT2D eigenvalue weighted by molar-refractivity contribution is 7.94. The van der Waals surface area contributed by atoms with Crippen molar-refractivity contribution in [2.75, 3.05) is 7.11 Å². The summed E-state index contributed by atoms with van der Waals surface area (Å²) in [5.74, 6) is -0.484. The lowest BCUT2D eigenvalue weighted by molar-refractivity contribution is -0.148. The first-order chi connectivity index (χ1) is 8.29. The maximum Gasteiger partial charge on any atom is 0.315 e. The van der Waals surface area contributed by atoms with Gasteiger partial charge in [0, 0.05) is 5.41 Å². The number of methoxy groups -OCH3 is 1. The molecule has 0 atom stereocenters. The van der Waals surface area contributed by atoms with E-state index in [0.717, 1.165) is 5.41 Å². The van der Waals surface area contributed by atoms with E-state index in [9.17, 15) is 13.2 Å². The van der Waals surface area contributed by atoms with Gasteiger partial charge in [-0.3, -0.25) is 4.79 Å². The number of esters is 1. The summed E-state index contributed by atoms with van der Waals surface area (Å²) in [6, 6.07) is 8.04. The molecule has 18 heavy (non-hydrogen) atoms. The molecule has 0 amide bonds. The van der Waals surface area contributed by atoms with E-state index in [0.29, 0.717) is 0 Å². The van der Waals surface area contributed by atoms with Gasteiger partial charge < -0.3 is 4.74 Å². The Kier molecular flexibility index (Phi) is 4.29. The molecule has 0 heterocycles. The number of hydrogen-bond acceptors (Lipinski definition) is 4. The molecule has 0 spiro atoms. The topological polar surface area (TPSA) is 60.4 Å². The van der Waals surface area contributed by atoms with Crippen LogP contribution in [0, 0.1) is 5.41 Å². The lowest BCUT2D eigenvalue weighted by Gasteiger charge is -2.16. The third-order valence-electron chi connectivity index (χ3n) is 2.45. The number of carbonyl (C=O) groups excluding carboxylic acids is 1. The van der Waals surface area contributed by atoms with Crippen LogP contribution in [0.5, 0.6) is 0 Å². The van der Waals surface area contributed by atoms with Crippen LogP contribution in [0.4, 0.5) is 0 Å². The minimum absolute atomic E-state index is 0.196. The van der Waals surface area contributed by atoms with Gasteiger partial charge in [-0.15, -0.1) is 0 Å². The number of hydrogen-bond donors (Lipinski definition) is 0. The molecule has 1 aromatic carbocycles. The van der Waals surface area contributed by atoms with Crippen LogP contribution in [-0.2, 0) is 19.4 Å². The monoisotopic (exact) mass is 268 g/mol. The fourth-order valence-electron chi connectivity index (χ4n) is 1.28. The summed E-state index contributed by atoms with van der Waals surface area (Å²) in [5, 5.41) is 1.04. The molecule has 0 aliphatic rings. The number of benzene rings is 1. The predicted octanol–water partition coefficient (Wildman–Crippen LogP) is 2.17. The molecule has 0 N–H and O–H groups in total. The van der Waals surface area contributed by atoms with Crippen LogP contribution in [-0.4, -0.2) is 21.5 Å². The van der Waals surface area contributed by atoms with E-state index in [1.807, 2.05) is 0 Å². The van der Waals surface area contributed by atoms with Crippen LogP contribution in [0.15, 0.2) is 46.7 Å². The van der Waals surface area contributed by atoms with Gasteiger partial charge in [-0.25, -0.2) is 8.42 Å². The summed E-state index contributed by atoms with van der Waals surface area (Å²) in [4.78, 5) is 11.6. The molecular formula is C13H16O4S. The van der Waals surface area contributed by atoms with Crippen molar-refractivity contribution >= 4 is 15.8 Å². The van der Waals surface area contributed by atoms with Gasteiger partial charge >= 0.3 is 5.97 Å². The second-order valence-electron chi connectivity index (χ2n) is 4.37. The van der Waals surface area contributed by atoms with Gasteiger partial charge in [0.25, 0.3) is 0 Å². The lowest BCUT2D eigenvalue weighted by Crippen LogP contribution is -2.23. The van der Waals surface area contributed by atoms with Crippen molar-refractivity contribution in [2.24, 2.45) is 5.41 Å². The van der Waals surface area contributed by atoms with E-state index in [1.165, 1.54) is 25.3 Å². The smallest absolute Gasteiger partial charge is 0.315 e. The van der Waals surface area contributed by atoms with Gasteiger partial charge in [-0.2, -0.15) is 0 Å². The van der Waals surface area contributed by atoms with Crippen LogP contribution < -0.4 is 0 Å². The predicted molar refractivity (Wildman–Crippen MR) is 68.6 cm³/mol. The molecule has 0 fully saturated rings. The second-order valence-corrected chi connectivity index (χ2v) is 6.21. The molecule has 0 saturated heterocycles. The molecule has 0 radical (unpaired) electrons. The fraction of sp³-hybridized carbons (Fsp3) is 0.308. The first-order valence-electron chi connectivity index (χ1n) is 5.37. The van der Waals surface area contributed by atoms with Crippen molar-refractivity contribution in [3.05, 3.63) is 41.8 Å². The highest BCUT2D eigenvalue weighted by atomic mass is 32.2. The Balaban J connectivity index is 3.01. The Hall–Kier alpha value is -1.62. The van der Waals surface area contributed by atoms with Crippen molar-refractivity contribution < 1.29 is 17.9 Å². The maximum absolute atomic E-state index is 12.0. The number of rotatable bonds is 4. The SMILES string of the molecule is COC(=O)C(C)(C)/C=C\S(=O)(=O)c1ccccc1. The normalized spacial score (nSPS) is 12.6. The molecule has 1 rings (SSSR count). The molecule has 5 heteroatoms. The van der Waals surface area contributed by atoms with E-state index in [2.05, 4.69) is 4.74 Å². The average molecular weight is 268 g/mol. The van der Waals surface area contributed by atoms with Gasteiger partial charge in [-0.05, 0) is 26.0 Å². The van der Waals surface area contributed by atoms with Gasteiger partial charge in [0.15, 0.2) is 9.84 Å². The number of ether oxygens (including phenoxy) is 1. The van der Waals surface area contributed by atoms with Gasteiger partial charge in [0.2, 0.25) is 0 Å². The van der Waals surface area contributed by atoms with Crippen molar-refractivity contribution in [3.8, 4) is 0 Å². The standard InChI is InChI=1S/C13H16O4S/c1-13(2,12(14)17-3)9-10-18(15,16)11-7-5-4-6-8-11/h4-10H,1-3H3/b10-9-. The summed E-state index contributed by atoms with van der Waals surface area (Å²) in [6.07, 6.45) is 1.33. The van der Waals surface area contributed by atoms with Crippen LogP contribution in [0.1, 0.15) is 13.8 Å². The molecule has 0 aromatic heterocycles. The zero-order chi connectivity index (χ0) is 13.8. The van der Waals surface area contributed by atoms with Crippen molar-refractivity contribution in [1.29, 1.82) is 0 Å². The van der Waals surface area contributed by atoms with E-state index in [1.54, 1.807) is 32.0 Å². The largest absolute Gasteiger partial charge is 0.468 e. The van der Waals surface area contributed by atoms with Crippen LogP contribution in [0.25, 0.3) is 0 Å². The Morgan fingerprint density at radius 3 is 2.28 bits per heavy atom. The lowest BCUT2D eigenvalue weighted by atomic mass is 9.94. The Morgan fingerprint density at radius 1 is 1.22 bits per heavy atom. The maximum atomic E-state index is 12.0.